The summed E-state index contributed by atoms with van der Waals surface area (Å²) in [4.78, 5) is 41.4. The first kappa shape index (κ1) is 18.1. The van der Waals surface area contributed by atoms with E-state index in [0.29, 0.717) is 22.5 Å². The molecule has 2 atom stereocenters. The molecule has 1 aromatic rings. The molecule has 0 spiro atoms. The molecule has 122 valence electrons. The average molecular weight is 308 g/mol. The lowest BCUT2D eigenvalue weighted by atomic mass is 10.0. The van der Waals surface area contributed by atoms with Gasteiger partial charge in [-0.05, 0) is 33.3 Å². The summed E-state index contributed by atoms with van der Waals surface area (Å²) in [7, 11) is 5.21. The molecule has 1 unspecified atom stereocenters. The Labute approximate surface area is 131 Å². The highest BCUT2D eigenvalue weighted by molar-refractivity contribution is 6.04. The van der Waals surface area contributed by atoms with Gasteiger partial charge in [0.15, 0.2) is 18.4 Å². The molecule has 6 nitrogen and oxygen atoms in total. The van der Waals surface area contributed by atoms with Gasteiger partial charge in [0.1, 0.15) is 0 Å². The Hall–Kier alpha value is -1.95. The van der Waals surface area contributed by atoms with E-state index < -0.39 is 0 Å². The normalized spacial score (nSPS) is 13.6. The maximum Gasteiger partial charge on any atom is 0.277 e. The third-order valence-electron chi connectivity index (χ3n) is 4.10. The molecule has 0 fully saturated rings. The summed E-state index contributed by atoms with van der Waals surface area (Å²) in [6.45, 7) is 7.10. The number of rotatable bonds is 6. The number of amides is 1. The zero-order chi connectivity index (χ0) is 17.2. The Morgan fingerprint density at radius 2 is 1.77 bits per heavy atom. The van der Waals surface area contributed by atoms with Gasteiger partial charge in [0.2, 0.25) is 5.78 Å². The van der Waals surface area contributed by atoms with Gasteiger partial charge in [-0.2, -0.15) is 0 Å². The van der Waals surface area contributed by atoms with Crippen LogP contribution in [-0.2, 0) is 4.79 Å². The summed E-state index contributed by atoms with van der Waals surface area (Å²) in [6.07, 6.45) is 0. The fraction of sp³-hybridized carbons (Fsp3) is 0.562. The van der Waals surface area contributed by atoms with Gasteiger partial charge < -0.3 is 14.8 Å². The van der Waals surface area contributed by atoms with Crippen LogP contribution in [0.25, 0.3) is 0 Å². The van der Waals surface area contributed by atoms with Crippen LogP contribution in [0, 0.1) is 13.8 Å². The van der Waals surface area contributed by atoms with E-state index in [0.717, 1.165) is 4.90 Å². The van der Waals surface area contributed by atoms with Crippen molar-refractivity contribution in [2.75, 3.05) is 27.7 Å². The van der Waals surface area contributed by atoms with E-state index in [9.17, 15) is 14.4 Å². The second-order valence-corrected chi connectivity index (χ2v) is 6.08. The van der Waals surface area contributed by atoms with Crippen LogP contribution < -0.4 is 4.90 Å². The average Bonchev–Trinajstić information content (AvgIpc) is 2.71. The summed E-state index contributed by atoms with van der Waals surface area (Å²) in [6, 6.07) is -0.375. The van der Waals surface area contributed by atoms with Gasteiger partial charge in [-0.3, -0.25) is 14.4 Å². The molecule has 1 heterocycles. The van der Waals surface area contributed by atoms with Crippen LogP contribution in [-0.4, -0.2) is 61.1 Å². The molecule has 0 bridgehead atoms. The van der Waals surface area contributed by atoms with Gasteiger partial charge in [0.05, 0.1) is 12.7 Å². The second-order valence-electron chi connectivity index (χ2n) is 6.08. The van der Waals surface area contributed by atoms with Crippen LogP contribution in [0.4, 0.5) is 0 Å². The zero-order valence-corrected chi connectivity index (χ0v) is 14.5. The van der Waals surface area contributed by atoms with E-state index >= 15 is 0 Å². The molecule has 0 saturated heterocycles. The van der Waals surface area contributed by atoms with Gasteiger partial charge in [-0.25, -0.2) is 0 Å². The lowest BCUT2D eigenvalue weighted by Crippen LogP contribution is -3.14. The lowest BCUT2D eigenvalue weighted by Gasteiger charge is -2.21. The van der Waals surface area contributed by atoms with Gasteiger partial charge in [0, 0.05) is 25.4 Å². The summed E-state index contributed by atoms with van der Waals surface area (Å²) in [5.74, 6) is -0.167. The molecule has 0 aromatic carbocycles. The third kappa shape index (κ3) is 3.62. The molecule has 22 heavy (non-hydrogen) atoms. The van der Waals surface area contributed by atoms with Crippen LogP contribution in [0.5, 0.6) is 0 Å². The maximum atomic E-state index is 12.7. The highest BCUT2D eigenvalue weighted by Crippen LogP contribution is 2.19. The number of H-pyrrole nitrogens is 1. The van der Waals surface area contributed by atoms with E-state index in [1.54, 1.807) is 34.9 Å². The predicted molar refractivity (Wildman–Crippen MR) is 84.5 cm³/mol. The maximum absolute atomic E-state index is 12.7. The Morgan fingerprint density at radius 3 is 2.18 bits per heavy atom. The molecule has 0 aliphatic heterocycles. The first-order valence-electron chi connectivity index (χ1n) is 7.34. The molecule has 6 heteroatoms. The number of aromatic nitrogens is 1. The molecule has 0 saturated carbocycles. The molecular weight excluding hydrogens is 282 g/mol. The van der Waals surface area contributed by atoms with Crippen molar-refractivity contribution in [3.05, 3.63) is 22.5 Å². The van der Waals surface area contributed by atoms with E-state index in [4.69, 9.17) is 0 Å². The predicted octanol–water partition coefficient (Wildman–Crippen LogP) is 0.00824. The van der Waals surface area contributed by atoms with Crippen molar-refractivity contribution < 1.29 is 19.3 Å². The van der Waals surface area contributed by atoms with Crippen LogP contribution >= 0.6 is 0 Å². The van der Waals surface area contributed by atoms with E-state index in [1.165, 1.54) is 11.8 Å². The van der Waals surface area contributed by atoms with Crippen LogP contribution in [0.15, 0.2) is 0 Å². The van der Waals surface area contributed by atoms with Crippen LogP contribution in [0.3, 0.4) is 0 Å². The molecule has 1 amide bonds. The minimum atomic E-state index is -0.375. The quantitative estimate of drug-likeness (QED) is 0.727. The number of hydrogen-bond donors (Lipinski definition) is 2. The fourth-order valence-electron chi connectivity index (χ4n) is 2.51. The number of nitrogens with zero attached hydrogens (tertiary/aromatic N) is 1. The van der Waals surface area contributed by atoms with Gasteiger partial charge in [-0.1, -0.05) is 0 Å². The smallest absolute Gasteiger partial charge is 0.277 e. The Bertz CT molecular complexity index is 602. The number of aromatic amines is 1. The fourth-order valence-corrected chi connectivity index (χ4v) is 2.51. The minimum Gasteiger partial charge on any atom is -0.355 e. The topological polar surface area (TPSA) is 74.7 Å². The van der Waals surface area contributed by atoms with Crippen molar-refractivity contribution in [2.24, 2.45) is 0 Å². The van der Waals surface area contributed by atoms with E-state index in [1.807, 2.05) is 7.05 Å². The number of Topliss-reactive ketones (excluding diaryl/α,β-unsaturated/α-hetero) is 2. The number of hydrogen-bond acceptors (Lipinski definition) is 3. The van der Waals surface area contributed by atoms with Gasteiger partial charge in [0.25, 0.3) is 5.91 Å². The Balaban J connectivity index is 2.99. The standard InChI is InChI=1S/C16H25N3O3/c1-9-14(12(4)20)10(2)17-15(9)16(22)11(3)19(7)8-13(21)18(5)6/h11,17H,8H2,1-7H3/p+1/t11-/m0/s1. The van der Waals surface area contributed by atoms with E-state index in [2.05, 4.69) is 4.98 Å². The van der Waals surface area contributed by atoms with Crippen molar-refractivity contribution in [1.29, 1.82) is 0 Å². The molecule has 0 aliphatic rings. The first-order valence-corrected chi connectivity index (χ1v) is 7.34. The number of ketones is 2. The number of nitrogens with one attached hydrogen (secondary N) is 2. The van der Waals surface area contributed by atoms with Crippen molar-refractivity contribution >= 4 is 17.5 Å². The van der Waals surface area contributed by atoms with Crippen LogP contribution in [0.2, 0.25) is 0 Å². The van der Waals surface area contributed by atoms with Crippen molar-refractivity contribution in [3.8, 4) is 0 Å². The SMILES string of the molecule is CC(=O)c1c(C)[nH]c(C(=O)[C@H](C)[NH+](C)CC(=O)N(C)C)c1C. The molecule has 2 N–H and O–H groups in total. The van der Waals surface area contributed by atoms with Crippen LogP contribution in [0.1, 0.15) is 46.0 Å². The first-order chi connectivity index (χ1) is 10.1. The Kier molecular flexibility index (Phi) is 5.65. The van der Waals surface area contributed by atoms with Gasteiger partial charge >= 0.3 is 0 Å². The van der Waals surface area contributed by atoms with E-state index in [-0.39, 0.29) is 30.1 Å². The largest absolute Gasteiger partial charge is 0.355 e. The summed E-state index contributed by atoms with van der Waals surface area (Å²) >= 11 is 0. The molecule has 1 aromatic heterocycles. The molecule has 1 rings (SSSR count). The molecule has 0 aliphatic carbocycles. The third-order valence-corrected chi connectivity index (χ3v) is 4.10. The molecule has 0 radical (unpaired) electrons. The monoisotopic (exact) mass is 308 g/mol. The summed E-state index contributed by atoms with van der Waals surface area (Å²) in [5, 5.41) is 0. The minimum absolute atomic E-state index is 0.0269. The lowest BCUT2D eigenvalue weighted by molar-refractivity contribution is -0.885. The zero-order valence-electron chi connectivity index (χ0n) is 14.5. The number of carbonyl (C=O) groups is 3. The Morgan fingerprint density at radius 1 is 1.23 bits per heavy atom. The number of quaternary nitrogens is 1. The number of likely N-dealkylation sites (N-methyl/N-ethyl adjacent to an activating group) is 2. The number of carbonyl (C=O) groups excluding carboxylic acids is 3. The highest BCUT2D eigenvalue weighted by atomic mass is 16.2. The second kappa shape index (κ2) is 6.87. The molecular formula is C16H26N3O3+. The number of aryl methyl sites for hydroxylation is 1. The summed E-state index contributed by atoms with van der Waals surface area (Å²) in [5.41, 5.74) is 2.44. The van der Waals surface area contributed by atoms with Crippen molar-refractivity contribution in [1.82, 2.24) is 9.88 Å². The van der Waals surface area contributed by atoms with Gasteiger partial charge in [-0.15, -0.1) is 0 Å². The highest BCUT2D eigenvalue weighted by Gasteiger charge is 2.29. The van der Waals surface area contributed by atoms with Crippen molar-refractivity contribution in [3.63, 3.8) is 0 Å². The van der Waals surface area contributed by atoms with Crippen molar-refractivity contribution in [2.45, 2.75) is 33.7 Å². The summed E-state index contributed by atoms with van der Waals surface area (Å²) < 4.78 is 0.